The molecule has 0 spiro atoms. The zero-order valence-electron chi connectivity index (χ0n) is 14.4. The van der Waals surface area contributed by atoms with Gasteiger partial charge in [0.1, 0.15) is 6.61 Å². The minimum absolute atomic E-state index is 0.0768. The molecule has 0 aromatic heterocycles. The molecular weight excluding hydrogens is 266 g/mol. The number of unbranched alkanes of at least 4 members (excludes halogenated alkanes) is 2. The third-order valence-electron chi connectivity index (χ3n) is 3.39. The molecule has 0 rings (SSSR count). The van der Waals surface area contributed by atoms with E-state index in [1.807, 2.05) is 6.92 Å². The maximum atomic E-state index is 11.5. The monoisotopic (exact) mass is 301 g/mol. The fourth-order valence-corrected chi connectivity index (χ4v) is 1.98. The van der Waals surface area contributed by atoms with Gasteiger partial charge in [0.05, 0.1) is 0 Å². The average Bonchev–Trinajstić information content (AvgIpc) is 2.47. The number of alkyl carbamates (subject to hydrolysis) is 1. The van der Waals surface area contributed by atoms with Crippen molar-refractivity contribution >= 4 is 6.09 Å². The van der Waals surface area contributed by atoms with Crippen LogP contribution in [-0.4, -0.2) is 45.4 Å². The van der Waals surface area contributed by atoms with E-state index < -0.39 is 0 Å². The SMILES string of the molecule is CCCCNCC(C)(CNCCCC)COC(=O)NCC. The quantitative estimate of drug-likeness (QED) is 0.457. The Morgan fingerprint density at radius 2 is 1.52 bits per heavy atom. The average molecular weight is 301 g/mol. The summed E-state index contributed by atoms with van der Waals surface area (Å²) in [5.41, 5.74) is -0.0768. The van der Waals surface area contributed by atoms with Crippen LogP contribution < -0.4 is 16.0 Å². The molecule has 5 nitrogen and oxygen atoms in total. The molecule has 0 fully saturated rings. The minimum atomic E-state index is -0.328. The lowest BCUT2D eigenvalue weighted by molar-refractivity contribution is 0.0893. The molecule has 0 aliphatic heterocycles. The Hall–Kier alpha value is -0.810. The Bertz CT molecular complexity index is 248. The van der Waals surface area contributed by atoms with Crippen molar-refractivity contribution in [2.75, 3.05) is 39.3 Å². The molecule has 0 radical (unpaired) electrons. The largest absolute Gasteiger partial charge is 0.449 e. The molecule has 5 heteroatoms. The second-order valence-corrected chi connectivity index (χ2v) is 5.98. The molecule has 0 saturated heterocycles. The molecule has 1 amide bonds. The lowest BCUT2D eigenvalue weighted by Gasteiger charge is -2.30. The number of amides is 1. The number of rotatable bonds is 13. The van der Waals surface area contributed by atoms with E-state index in [0.717, 1.165) is 26.2 Å². The molecule has 0 unspecified atom stereocenters. The van der Waals surface area contributed by atoms with Gasteiger partial charge in [-0.1, -0.05) is 33.6 Å². The third-order valence-corrected chi connectivity index (χ3v) is 3.39. The minimum Gasteiger partial charge on any atom is -0.449 e. The van der Waals surface area contributed by atoms with Crippen LogP contribution in [0.4, 0.5) is 4.79 Å². The predicted octanol–water partition coefficient (Wildman–Crippen LogP) is 2.52. The number of nitrogens with one attached hydrogen (secondary N) is 3. The highest BCUT2D eigenvalue weighted by Crippen LogP contribution is 2.15. The number of ether oxygens (including phenoxy) is 1. The molecule has 126 valence electrons. The molecule has 0 atom stereocenters. The summed E-state index contributed by atoms with van der Waals surface area (Å²) in [7, 11) is 0. The van der Waals surface area contributed by atoms with Crippen LogP contribution in [0.5, 0.6) is 0 Å². The Morgan fingerprint density at radius 3 is 1.95 bits per heavy atom. The number of hydrogen-bond acceptors (Lipinski definition) is 4. The van der Waals surface area contributed by atoms with Gasteiger partial charge in [0.15, 0.2) is 0 Å². The zero-order valence-corrected chi connectivity index (χ0v) is 14.4. The fourth-order valence-electron chi connectivity index (χ4n) is 1.98. The van der Waals surface area contributed by atoms with Gasteiger partial charge in [0.25, 0.3) is 0 Å². The highest BCUT2D eigenvalue weighted by Gasteiger charge is 2.25. The molecule has 0 heterocycles. The van der Waals surface area contributed by atoms with E-state index in [1.54, 1.807) is 0 Å². The van der Waals surface area contributed by atoms with Gasteiger partial charge in [-0.3, -0.25) is 0 Å². The summed E-state index contributed by atoms with van der Waals surface area (Å²) in [6, 6.07) is 0. The number of carbonyl (C=O) groups is 1. The van der Waals surface area contributed by atoms with Crippen LogP contribution in [0.25, 0.3) is 0 Å². The molecule has 0 aliphatic rings. The van der Waals surface area contributed by atoms with Gasteiger partial charge >= 0.3 is 6.09 Å². The van der Waals surface area contributed by atoms with Crippen LogP contribution in [0.15, 0.2) is 0 Å². The van der Waals surface area contributed by atoms with Crippen molar-refractivity contribution in [1.29, 1.82) is 0 Å². The normalized spacial score (nSPS) is 11.4. The second-order valence-electron chi connectivity index (χ2n) is 5.98. The van der Waals surface area contributed by atoms with Gasteiger partial charge in [0, 0.05) is 25.0 Å². The van der Waals surface area contributed by atoms with Crippen molar-refractivity contribution in [2.45, 2.75) is 53.4 Å². The molecule has 21 heavy (non-hydrogen) atoms. The van der Waals surface area contributed by atoms with E-state index in [-0.39, 0.29) is 11.5 Å². The van der Waals surface area contributed by atoms with Gasteiger partial charge in [-0.15, -0.1) is 0 Å². The molecule has 0 aliphatic carbocycles. The van der Waals surface area contributed by atoms with Crippen LogP contribution in [0, 0.1) is 5.41 Å². The maximum Gasteiger partial charge on any atom is 0.407 e. The van der Waals surface area contributed by atoms with Crippen molar-refractivity contribution in [3.8, 4) is 0 Å². The Morgan fingerprint density at radius 1 is 1.00 bits per heavy atom. The van der Waals surface area contributed by atoms with Gasteiger partial charge < -0.3 is 20.7 Å². The van der Waals surface area contributed by atoms with Crippen molar-refractivity contribution in [3.63, 3.8) is 0 Å². The van der Waals surface area contributed by atoms with E-state index in [1.165, 1.54) is 25.7 Å². The Labute approximate surface area is 130 Å². The third kappa shape index (κ3) is 11.5. The van der Waals surface area contributed by atoms with Crippen molar-refractivity contribution < 1.29 is 9.53 Å². The summed E-state index contributed by atoms with van der Waals surface area (Å²) >= 11 is 0. The van der Waals surface area contributed by atoms with Gasteiger partial charge in [-0.2, -0.15) is 0 Å². The number of hydrogen-bond donors (Lipinski definition) is 3. The standard InChI is InChI=1S/C16H35N3O2/c1-5-8-10-17-12-16(4,13-18-11-9-6-2)14-21-15(20)19-7-3/h17-18H,5-14H2,1-4H3,(H,19,20). The Balaban J connectivity index is 4.19. The second kappa shape index (κ2) is 12.9. The van der Waals surface area contributed by atoms with Crippen LogP contribution in [0.3, 0.4) is 0 Å². The van der Waals surface area contributed by atoms with Crippen LogP contribution in [0.2, 0.25) is 0 Å². The first kappa shape index (κ1) is 20.2. The molecule has 3 N–H and O–H groups in total. The highest BCUT2D eigenvalue weighted by atomic mass is 16.5. The summed E-state index contributed by atoms with van der Waals surface area (Å²) in [6.45, 7) is 13.2. The lowest BCUT2D eigenvalue weighted by atomic mass is 9.91. The van der Waals surface area contributed by atoms with Crippen molar-refractivity contribution in [1.82, 2.24) is 16.0 Å². The molecular formula is C16H35N3O2. The van der Waals surface area contributed by atoms with Gasteiger partial charge in [0.2, 0.25) is 0 Å². The van der Waals surface area contributed by atoms with Crippen molar-refractivity contribution in [3.05, 3.63) is 0 Å². The fraction of sp³-hybridized carbons (Fsp3) is 0.938. The van der Waals surface area contributed by atoms with E-state index >= 15 is 0 Å². The molecule has 0 aromatic carbocycles. The van der Waals surface area contributed by atoms with E-state index in [4.69, 9.17) is 4.74 Å². The lowest BCUT2D eigenvalue weighted by Crippen LogP contribution is -2.45. The first-order valence-electron chi connectivity index (χ1n) is 8.40. The van der Waals surface area contributed by atoms with E-state index in [9.17, 15) is 4.79 Å². The van der Waals surface area contributed by atoms with Gasteiger partial charge in [-0.25, -0.2) is 4.79 Å². The van der Waals surface area contributed by atoms with Crippen LogP contribution in [-0.2, 0) is 4.74 Å². The predicted molar refractivity (Wildman–Crippen MR) is 88.7 cm³/mol. The first-order chi connectivity index (χ1) is 10.1. The molecule has 0 saturated carbocycles. The highest BCUT2D eigenvalue weighted by molar-refractivity contribution is 5.66. The summed E-state index contributed by atoms with van der Waals surface area (Å²) in [5, 5.41) is 9.61. The maximum absolute atomic E-state index is 11.5. The van der Waals surface area contributed by atoms with E-state index in [0.29, 0.717) is 13.2 Å². The first-order valence-corrected chi connectivity index (χ1v) is 8.40. The number of carbonyl (C=O) groups excluding carboxylic acids is 1. The Kier molecular flexibility index (Phi) is 12.4. The topological polar surface area (TPSA) is 62.4 Å². The molecule has 0 bridgehead atoms. The smallest absolute Gasteiger partial charge is 0.407 e. The summed E-state index contributed by atoms with van der Waals surface area (Å²) < 4.78 is 5.33. The van der Waals surface area contributed by atoms with Crippen molar-refractivity contribution in [2.24, 2.45) is 5.41 Å². The summed E-state index contributed by atoms with van der Waals surface area (Å²) in [4.78, 5) is 11.5. The molecule has 0 aromatic rings. The van der Waals surface area contributed by atoms with Gasteiger partial charge in [-0.05, 0) is 32.9 Å². The summed E-state index contributed by atoms with van der Waals surface area (Å²) in [6.07, 6.45) is 4.40. The van der Waals surface area contributed by atoms with Crippen LogP contribution >= 0.6 is 0 Å². The summed E-state index contributed by atoms with van der Waals surface area (Å²) in [5.74, 6) is 0. The van der Waals surface area contributed by atoms with Crippen LogP contribution in [0.1, 0.15) is 53.4 Å². The van der Waals surface area contributed by atoms with E-state index in [2.05, 4.69) is 36.7 Å². The zero-order chi connectivity index (χ0) is 16.0.